The zero-order chi connectivity index (χ0) is 14.9. The lowest BCUT2D eigenvalue weighted by atomic mass is 10.1. The fraction of sp³-hybridized carbons (Fsp3) is 0.375. The monoisotopic (exact) mass is 304 g/mol. The molecule has 2 aromatic rings. The average Bonchev–Trinajstić information content (AvgIpc) is 2.90. The third kappa shape index (κ3) is 3.10. The van der Waals surface area contributed by atoms with Crippen LogP contribution in [0.2, 0.25) is 0 Å². The van der Waals surface area contributed by atoms with Gasteiger partial charge in [0, 0.05) is 18.5 Å². The van der Waals surface area contributed by atoms with Crippen LogP contribution in [-0.4, -0.2) is 40.0 Å². The summed E-state index contributed by atoms with van der Waals surface area (Å²) in [5, 5.41) is 1.72. The zero-order valence-corrected chi connectivity index (χ0v) is 12.9. The molecule has 1 saturated heterocycles. The number of hydrogen-bond acceptors (Lipinski definition) is 3. The van der Waals surface area contributed by atoms with E-state index in [2.05, 4.69) is 16.7 Å². The Bertz CT molecular complexity index is 738. The molecule has 1 N–H and O–H groups in total. The highest BCUT2D eigenvalue weighted by atomic mass is 32.2. The fourth-order valence-corrected chi connectivity index (χ4v) is 4.27. The molecule has 2 aromatic carbocycles. The Morgan fingerprint density at radius 3 is 2.71 bits per heavy atom. The Hall–Kier alpha value is -1.43. The van der Waals surface area contributed by atoms with Gasteiger partial charge in [-0.3, -0.25) is 0 Å². The van der Waals surface area contributed by atoms with E-state index in [0.29, 0.717) is 17.4 Å². The van der Waals surface area contributed by atoms with E-state index in [0.717, 1.165) is 30.3 Å². The highest BCUT2D eigenvalue weighted by Crippen LogP contribution is 2.23. The second kappa shape index (κ2) is 5.75. The average molecular weight is 304 g/mol. The van der Waals surface area contributed by atoms with Crippen molar-refractivity contribution in [3.8, 4) is 0 Å². The molecule has 4 nitrogen and oxygen atoms in total. The standard InChI is InChI=1S/C16H20N2O2S/c1-18-10-9-13(12-18)11-17-21(19,20)16-8-4-6-14-5-2-3-7-15(14)16/h2-8,13,17H,9-12H2,1H3. The summed E-state index contributed by atoms with van der Waals surface area (Å²) in [6, 6.07) is 13.0. The van der Waals surface area contributed by atoms with Gasteiger partial charge in [0.15, 0.2) is 0 Å². The summed E-state index contributed by atoms with van der Waals surface area (Å²) in [6.07, 6.45) is 1.05. The highest BCUT2D eigenvalue weighted by molar-refractivity contribution is 7.89. The fourth-order valence-electron chi connectivity index (χ4n) is 2.93. The predicted octanol–water partition coefficient (Wildman–Crippen LogP) is 2.07. The lowest BCUT2D eigenvalue weighted by Gasteiger charge is -2.13. The van der Waals surface area contributed by atoms with Crippen molar-refractivity contribution < 1.29 is 8.42 Å². The number of rotatable bonds is 4. The van der Waals surface area contributed by atoms with E-state index < -0.39 is 10.0 Å². The van der Waals surface area contributed by atoms with E-state index >= 15 is 0 Å². The van der Waals surface area contributed by atoms with Crippen LogP contribution in [0.4, 0.5) is 0 Å². The third-order valence-electron chi connectivity index (χ3n) is 4.09. The van der Waals surface area contributed by atoms with Crippen molar-refractivity contribution in [3.05, 3.63) is 42.5 Å². The van der Waals surface area contributed by atoms with Gasteiger partial charge in [0.1, 0.15) is 0 Å². The lowest BCUT2D eigenvalue weighted by molar-refractivity contribution is 0.394. The summed E-state index contributed by atoms with van der Waals surface area (Å²) in [5.74, 6) is 0.403. The predicted molar refractivity (Wildman–Crippen MR) is 84.7 cm³/mol. The van der Waals surface area contributed by atoms with Crippen molar-refractivity contribution in [2.45, 2.75) is 11.3 Å². The molecule has 1 atom stereocenters. The third-order valence-corrected chi connectivity index (χ3v) is 5.57. The number of nitrogens with one attached hydrogen (secondary N) is 1. The van der Waals surface area contributed by atoms with E-state index in [1.165, 1.54) is 0 Å². The minimum Gasteiger partial charge on any atom is -0.306 e. The second-order valence-electron chi connectivity index (χ2n) is 5.75. The molecule has 0 aromatic heterocycles. The SMILES string of the molecule is CN1CCC(CNS(=O)(=O)c2cccc3ccccc23)C1. The lowest BCUT2D eigenvalue weighted by Crippen LogP contribution is -2.30. The summed E-state index contributed by atoms with van der Waals surface area (Å²) >= 11 is 0. The minimum absolute atomic E-state index is 0.368. The number of fused-ring (bicyclic) bond motifs is 1. The van der Waals surface area contributed by atoms with Gasteiger partial charge in [0.25, 0.3) is 0 Å². The first kappa shape index (κ1) is 14.5. The maximum absolute atomic E-state index is 12.6. The second-order valence-corrected chi connectivity index (χ2v) is 7.48. The van der Waals surface area contributed by atoms with Crippen LogP contribution in [0, 0.1) is 5.92 Å². The van der Waals surface area contributed by atoms with Gasteiger partial charge in [0.05, 0.1) is 4.90 Å². The van der Waals surface area contributed by atoms with E-state index in [-0.39, 0.29) is 0 Å². The first-order valence-electron chi connectivity index (χ1n) is 7.22. The molecule has 1 unspecified atom stereocenters. The number of benzene rings is 2. The van der Waals surface area contributed by atoms with Crippen molar-refractivity contribution in [1.82, 2.24) is 9.62 Å². The minimum atomic E-state index is -3.46. The van der Waals surface area contributed by atoms with Crippen LogP contribution in [0.5, 0.6) is 0 Å². The zero-order valence-electron chi connectivity index (χ0n) is 12.1. The summed E-state index contributed by atoms with van der Waals surface area (Å²) in [6.45, 7) is 2.51. The van der Waals surface area contributed by atoms with Gasteiger partial charge in [-0.2, -0.15) is 0 Å². The van der Waals surface area contributed by atoms with Crippen molar-refractivity contribution in [2.24, 2.45) is 5.92 Å². The number of hydrogen-bond donors (Lipinski definition) is 1. The van der Waals surface area contributed by atoms with Crippen LogP contribution < -0.4 is 4.72 Å². The van der Waals surface area contributed by atoms with Crippen LogP contribution in [0.25, 0.3) is 10.8 Å². The molecular formula is C16H20N2O2S. The van der Waals surface area contributed by atoms with E-state index in [4.69, 9.17) is 0 Å². The molecule has 112 valence electrons. The Kier molecular flexibility index (Phi) is 3.97. The van der Waals surface area contributed by atoms with Crippen molar-refractivity contribution in [2.75, 3.05) is 26.7 Å². The number of nitrogens with zero attached hydrogens (tertiary/aromatic N) is 1. The molecule has 21 heavy (non-hydrogen) atoms. The largest absolute Gasteiger partial charge is 0.306 e. The van der Waals surface area contributed by atoms with E-state index in [1.807, 2.05) is 30.3 Å². The molecule has 0 aliphatic carbocycles. The molecule has 1 aliphatic rings. The van der Waals surface area contributed by atoms with Gasteiger partial charge in [0.2, 0.25) is 10.0 Å². The van der Waals surface area contributed by atoms with Gasteiger partial charge in [-0.25, -0.2) is 13.1 Å². The van der Waals surface area contributed by atoms with Crippen LogP contribution in [0.15, 0.2) is 47.4 Å². The molecule has 1 heterocycles. The maximum atomic E-state index is 12.6. The maximum Gasteiger partial charge on any atom is 0.241 e. The van der Waals surface area contributed by atoms with Crippen molar-refractivity contribution in [3.63, 3.8) is 0 Å². The van der Waals surface area contributed by atoms with Crippen LogP contribution in [-0.2, 0) is 10.0 Å². The first-order valence-corrected chi connectivity index (χ1v) is 8.70. The van der Waals surface area contributed by atoms with Crippen LogP contribution in [0.3, 0.4) is 0 Å². The Balaban J connectivity index is 1.83. The molecule has 0 spiro atoms. The van der Waals surface area contributed by atoms with E-state index in [1.54, 1.807) is 12.1 Å². The van der Waals surface area contributed by atoms with Crippen LogP contribution >= 0.6 is 0 Å². The topological polar surface area (TPSA) is 49.4 Å². The summed E-state index contributed by atoms with van der Waals surface area (Å²) in [7, 11) is -1.39. The van der Waals surface area contributed by atoms with Gasteiger partial charge < -0.3 is 4.90 Å². The molecule has 5 heteroatoms. The summed E-state index contributed by atoms with van der Waals surface area (Å²) < 4.78 is 27.9. The summed E-state index contributed by atoms with van der Waals surface area (Å²) in [5.41, 5.74) is 0. The Labute approximate surface area is 125 Å². The number of sulfonamides is 1. The molecule has 0 bridgehead atoms. The van der Waals surface area contributed by atoms with Gasteiger partial charge in [-0.05, 0) is 37.4 Å². The Morgan fingerprint density at radius 1 is 1.19 bits per heavy atom. The number of likely N-dealkylation sites (tertiary alicyclic amines) is 1. The smallest absolute Gasteiger partial charge is 0.241 e. The molecule has 1 aliphatic heterocycles. The Morgan fingerprint density at radius 2 is 1.95 bits per heavy atom. The normalized spacial score (nSPS) is 20.1. The van der Waals surface area contributed by atoms with Crippen LogP contribution in [0.1, 0.15) is 6.42 Å². The first-order chi connectivity index (χ1) is 10.1. The molecular weight excluding hydrogens is 284 g/mol. The van der Waals surface area contributed by atoms with E-state index in [9.17, 15) is 8.42 Å². The van der Waals surface area contributed by atoms with Gasteiger partial charge >= 0.3 is 0 Å². The van der Waals surface area contributed by atoms with Crippen molar-refractivity contribution in [1.29, 1.82) is 0 Å². The summed E-state index contributed by atoms with van der Waals surface area (Å²) in [4.78, 5) is 2.60. The molecule has 3 rings (SSSR count). The quantitative estimate of drug-likeness (QED) is 0.941. The highest BCUT2D eigenvalue weighted by Gasteiger charge is 2.23. The molecule has 0 radical (unpaired) electrons. The van der Waals surface area contributed by atoms with Crippen molar-refractivity contribution >= 4 is 20.8 Å². The molecule has 0 saturated carbocycles. The molecule has 1 fully saturated rings. The molecule has 0 amide bonds. The van der Waals surface area contributed by atoms with Gasteiger partial charge in [-0.1, -0.05) is 36.4 Å². The van der Waals surface area contributed by atoms with Gasteiger partial charge in [-0.15, -0.1) is 0 Å².